The van der Waals surface area contributed by atoms with Gasteiger partial charge >= 0.3 is 5.97 Å². The molecule has 0 fully saturated rings. The molecule has 0 unspecified atom stereocenters. The minimum Gasteiger partial charge on any atom is -0.478 e. The molecule has 100 valence electrons. The first-order chi connectivity index (χ1) is 9.65. The number of carboxylic acids is 1. The molecule has 3 nitrogen and oxygen atoms in total. The molecular formula is C16H12BrNO2. The minimum atomic E-state index is -0.907. The number of benzene rings is 2. The number of nitrogens with zero attached hydrogens (tertiary/aromatic N) is 1. The molecule has 0 saturated heterocycles. The lowest BCUT2D eigenvalue weighted by molar-refractivity contribution is 0.0697. The van der Waals surface area contributed by atoms with E-state index in [4.69, 9.17) is 5.11 Å². The largest absolute Gasteiger partial charge is 0.478 e. The van der Waals surface area contributed by atoms with E-state index in [2.05, 4.69) is 32.6 Å². The first kappa shape index (κ1) is 12.9. The number of rotatable bonds is 3. The van der Waals surface area contributed by atoms with E-state index in [-0.39, 0.29) is 0 Å². The maximum absolute atomic E-state index is 11.1. The van der Waals surface area contributed by atoms with Gasteiger partial charge in [0.25, 0.3) is 0 Å². The zero-order valence-corrected chi connectivity index (χ0v) is 12.2. The molecule has 0 atom stereocenters. The summed E-state index contributed by atoms with van der Waals surface area (Å²) in [6.45, 7) is 0.714. The van der Waals surface area contributed by atoms with Gasteiger partial charge in [-0.15, -0.1) is 0 Å². The van der Waals surface area contributed by atoms with Gasteiger partial charge < -0.3 is 9.67 Å². The van der Waals surface area contributed by atoms with Crippen LogP contribution in [0.1, 0.15) is 15.9 Å². The molecule has 3 aromatic rings. The van der Waals surface area contributed by atoms with E-state index >= 15 is 0 Å². The van der Waals surface area contributed by atoms with Crippen molar-refractivity contribution >= 4 is 32.8 Å². The molecule has 0 aliphatic heterocycles. The zero-order chi connectivity index (χ0) is 14.1. The molecule has 0 radical (unpaired) electrons. The number of carbonyl (C=O) groups is 1. The molecule has 0 aliphatic carbocycles. The van der Waals surface area contributed by atoms with Crippen LogP contribution in [0.4, 0.5) is 0 Å². The highest BCUT2D eigenvalue weighted by Gasteiger charge is 2.10. The van der Waals surface area contributed by atoms with E-state index in [1.165, 1.54) is 5.56 Å². The highest BCUT2D eigenvalue weighted by atomic mass is 79.9. The minimum absolute atomic E-state index is 0.303. The molecule has 0 spiro atoms. The quantitative estimate of drug-likeness (QED) is 0.784. The third kappa shape index (κ3) is 2.34. The Kier molecular flexibility index (Phi) is 3.32. The van der Waals surface area contributed by atoms with Gasteiger partial charge in [-0.05, 0) is 33.6 Å². The van der Waals surface area contributed by atoms with Crippen LogP contribution in [-0.2, 0) is 6.54 Å². The maximum atomic E-state index is 11.1. The number of carboxylic acid groups (broad SMARTS) is 1. The first-order valence-electron chi connectivity index (χ1n) is 6.21. The third-order valence-corrected chi connectivity index (χ3v) is 3.91. The summed E-state index contributed by atoms with van der Waals surface area (Å²) >= 11 is 3.52. The lowest BCUT2D eigenvalue weighted by atomic mass is 10.1. The van der Waals surface area contributed by atoms with Crippen molar-refractivity contribution in [2.75, 3.05) is 0 Å². The summed E-state index contributed by atoms with van der Waals surface area (Å²) in [6, 6.07) is 15.3. The van der Waals surface area contributed by atoms with Crippen LogP contribution < -0.4 is 0 Å². The molecule has 2 aromatic carbocycles. The molecule has 3 rings (SSSR count). The SMILES string of the molecule is O=C(O)c1ccc2c(Br)cn(Cc3ccccc3)c2c1. The van der Waals surface area contributed by atoms with E-state index in [1.54, 1.807) is 12.1 Å². The van der Waals surface area contributed by atoms with Crippen LogP contribution in [0.3, 0.4) is 0 Å². The van der Waals surface area contributed by atoms with Gasteiger partial charge in [-0.25, -0.2) is 4.79 Å². The second kappa shape index (κ2) is 5.13. The van der Waals surface area contributed by atoms with Crippen molar-refractivity contribution in [1.29, 1.82) is 0 Å². The average Bonchev–Trinajstić information content (AvgIpc) is 2.76. The monoisotopic (exact) mass is 329 g/mol. The second-order valence-corrected chi connectivity index (χ2v) is 5.48. The molecule has 1 aromatic heterocycles. The molecule has 0 saturated carbocycles. The van der Waals surface area contributed by atoms with E-state index in [9.17, 15) is 4.79 Å². The van der Waals surface area contributed by atoms with Gasteiger partial charge in [0.1, 0.15) is 0 Å². The van der Waals surface area contributed by atoms with Crippen molar-refractivity contribution in [1.82, 2.24) is 4.57 Å². The maximum Gasteiger partial charge on any atom is 0.335 e. The molecular weight excluding hydrogens is 318 g/mol. The van der Waals surface area contributed by atoms with E-state index in [0.717, 1.165) is 15.4 Å². The molecule has 0 amide bonds. The topological polar surface area (TPSA) is 42.2 Å². The van der Waals surface area contributed by atoms with Gasteiger partial charge in [-0.1, -0.05) is 36.4 Å². The lowest BCUT2D eigenvalue weighted by Gasteiger charge is -2.06. The zero-order valence-electron chi connectivity index (χ0n) is 10.6. The van der Waals surface area contributed by atoms with Crippen molar-refractivity contribution in [3.05, 3.63) is 70.3 Å². The highest BCUT2D eigenvalue weighted by molar-refractivity contribution is 9.10. The summed E-state index contributed by atoms with van der Waals surface area (Å²) in [5.41, 5.74) is 2.40. The smallest absolute Gasteiger partial charge is 0.335 e. The van der Waals surface area contributed by atoms with E-state index in [1.807, 2.05) is 30.5 Å². The molecule has 1 heterocycles. The number of fused-ring (bicyclic) bond motifs is 1. The Hall–Kier alpha value is -2.07. The molecule has 0 aliphatic rings. The average molecular weight is 330 g/mol. The van der Waals surface area contributed by atoms with Gasteiger partial charge in [-0.3, -0.25) is 0 Å². The summed E-state index contributed by atoms with van der Waals surface area (Å²) in [4.78, 5) is 11.1. The normalized spacial score (nSPS) is 10.8. The Bertz CT molecular complexity index is 778. The summed E-state index contributed by atoms with van der Waals surface area (Å²) < 4.78 is 3.03. The number of aromatic carboxylic acids is 1. The Morgan fingerprint density at radius 2 is 1.90 bits per heavy atom. The van der Waals surface area contributed by atoms with Crippen LogP contribution in [0.15, 0.2) is 59.2 Å². The van der Waals surface area contributed by atoms with Gasteiger partial charge in [0.15, 0.2) is 0 Å². The van der Waals surface area contributed by atoms with Gasteiger partial charge in [0, 0.05) is 22.6 Å². The van der Waals surface area contributed by atoms with Crippen LogP contribution >= 0.6 is 15.9 Å². The number of aromatic nitrogens is 1. The highest BCUT2D eigenvalue weighted by Crippen LogP contribution is 2.27. The Balaban J connectivity index is 2.10. The summed E-state index contributed by atoms with van der Waals surface area (Å²) in [5, 5.41) is 10.1. The van der Waals surface area contributed by atoms with Crippen molar-refractivity contribution in [3.63, 3.8) is 0 Å². The van der Waals surface area contributed by atoms with Crippen LogP contribution in [0.2, 0.25) is 0 Å². The predicted molar refractivity (Wildman–Crippen MR) is 82.1 cm³/mol. The molecule has 0 bridgehead atoms. The van der Waals surface area contributed by atoms with Gasteiger partial charge in [-0.2, -0.15) is 0 Å². The Morgan fingerprint density at radius 1 is 1.15 bits per heavy atom. The van der Waals surface area contributed by atoms with E-state index < -0.39 is 5.97 Å². The van der Waals surface area contributed by atoms with Crippen LogP contribution in [0.5, 0.6) is 0 Å². The van der Waals surface area contributed by atoms with E-state index in [0.29, 0.717) is 12.1 Å². The first-order valence-corrected chi connectivity index (χ1v) is 7.00. The third-order valence-electron chi connectivity index (χ3n) is 3.28. The fourth-order valence-electron chi connectivity index (χ4n) is 2.29. The van der Waals surface area contributed by atoms with Gasteiger partial charge in [0.2, 0.25) is 0 Å². The van der Waals surface area contributed by atoms with Gasteiger partial charge in [0.05, 0.1) is 11.1 Å². The number of halogens is 1. The number of hydrogen-bond acceptors (Lipinski definition) is 1. The fraction of sp³-hybridized carbons (Fsp3) is 0.0625. The summed E-state index contributed by atoms with van der Waals surface area (Å²) in [5.74, 6) is -0.907. The van der Waals surface area contributed by atoms with Crippen LogP contribution in [0.25, 0.3) is 10.9 Å². The predicted octanol–water partition coefficient (Wildman–Crippen LogP) is 4.15. The molecule has 4 heteroatoms. The van der Waals surface area contributed by atoms with Crippen LogP contribution in [0, 0.1) is 0 Å². The van der Waals surface area contributed by atoms with Crippen molar-refractivity contribution in [2.45, 2.75) is 6.54 Å². The summed E-state index contributed by atoms with van der Waals surface area (Å²) in [7, 11) is 0. The molecule has 20 heavy (non-hydrogen) atoms. The summed E-state index contributed by atoms with van der Waals surface area (Å²) in [6.07, 6.45) is 1.99. The van der Waals surface area contributed by atoms with Crippen LogP contribution in [-0.4, -0.2) is 15.6 Å². The van der Waals surface area contributed by atoms with Crippen molar-refractivity contribution < 1.29 is 9.90 Å². The Morgan fingerprint density at radius 3 is 2.60 bits per heavy atom. The standard InChI is InChI=1S/C16H12BrNO2/c17-14-10-18(9-11-4-2-1-3-5-11)15-8-12(16(19)20)6-7-13(14)15/h1-8,10H,9H2,(H,19,20). The Labute approximate surface area is 124 Å². The van der Waals surface area contributed by atoms with Crippen molar-refractivity contribution in [2.24, 2.45) is 0 Å². The molecule has 1 N–H and O–H groups in total. The second-order valence-electron chi connectivity index (χ2n) is 4.63. The lowest BCUT2D eigenvalue weighted by Crippen LogP contribution is -2.00. The van der Waals surface area contributed by atoms with Crippen molar-refractivity contribution in [3.8, 4) is 0 Å². The number of hydrogen-bond donors (Lipinski definition) is 1. The fourth-order valence-corrected chi connectivity index (χ4v) is 2.87.